The van der Waals surface area contributed by atoms with Gasteiger partial charge in [-0.1, -0.05) is 25.1 Å². The molecule has 9 heteroatoms. The SMILES string of the molecule is C[C@@H]1CCc2nc3ccccc3c(C(=O)O[C@H](C)C(=O)Nc3ccc(S(N)(=O)=O)cc3)c2C1. The highest BCUT2D eigenvalue weighted by Crippen LogP contribution is 2.32. The highest BCUT2D eigenvalue weighted by atomic mass is 32.2. The molecule has 172 valence electrons. The maximum Gasteiger partial charge on any atom is 0.339 e. The van der Waals surface area contributed by atoms with Crippen molar-refractivity contribution in [3.05, 3.63) is 65.4 Å². The molecule has 0 spiro atoms. The number of amides is 1. The van der Waals surface area contributed by atoms with Gasteiger partial charge in [0, 0.05) is 16.8 Å². The normalized spacial score (nSPS) is 16.6. The number of hydrogen-bond donors (Lipinski definition) is 2. The molecule has 0 unspecified atom stereocenters. The van der Waals surface area contributed by atoms with Crippen LogP contribution >= 0.6 is 0 Å². The number of pyridine rings is 1. The number of hydrogen-bond acceptors (Lipinski definition) is 6. The Morgan fingerprint density at radius 3 is 2.55 bits per heavy atom. The zero-order chi connectivity index (χ0) is 23.8. The van der Waals surface area contributed by atoms with E-state index >= 15 is 0 Å². The molecule has 3 N–H and O–H groups in total. The lowest BCUT2D eigenvalue weighted by molar-refractivity contribution is -0.123. The summed E-state index contributed by atoms with van der Waals surface area (Å²) < 4.78 is 28.3. The van der Waals surface area contributed by atoms with Crippen LogP contribution in [-0.2, 0) is 32.4 Å². The number of aromatic nitrogens is 1. The van der Waals surface area contributed by atoms with Crippen molar-refractivity contribution in [1.29, 1.82) is 0 Å². The molecule has 1 aromatic heterocycles. The van der Waals surface area contributed by atoms with Crippen molar-refractivity contribution in [2.45, 2.75) is 44.1 Å². The minimum atomic E-state index is -3.83. The lowest BCUT2D eigenvalue weighted by Gasteiger charge is -2.24. The van der Waals surface area contributed by atoms with Crippen LogP contribution in [0.3, 0.4) is 0 Å². The summed E-state index contributed by atoms with van der Waals surface area (Å²) in [7, 11) is -3.83. The third-order valence-electron chi connectivity index (χ3n) is 5.81. The van der Waals surface area contributed by atoms with Gasteiger partial charge in [0.05, 0.1) is 16.0 Å². The topological polar surface area (TPSA) is 128 Å². The van der Waals surface area contributed by atoms with Gasteiger partial charge in [0.25, 0.3) is 5.91 Å². The second-order valence-corrected chi connectivity index (χ2v) is 9.94. The van der Waals surface area contributed by atoms with Crippen molar-refractivity contribution in [3.8, 4) is 0 Å². The molecular formula is C24H25N3O5S. The van der Waals surface area contributed by atoms with Crippen LogP contribution in [0.25, 0.3) is 10.9 Å². The number of nitrogens with zero attached hydrogens (tertiary/aromatic N) is 1. The number of fused-ring (bicyclic) bond motifs is 2. The van der Waals surface area contributed by atoms with Crippen molar-refractivity contribution < 1.29 is 22.7 Å². The number of esters is 1. The number of carbonyl (C=O) groups excluding carboxylic acids is 2. The average molecular weight is 468 g/mol. The summed E-state index contributed by atoms with van der Waals surface area (Å²) in [6.45, 7) is 3.63. The van der Waals surface area contributed by atoms with Gasteiger partial charge >= 0.3 is 5.97 Å². The summed E-state index contributed by atoms with van der Waals surface area (Å²) >= 11 is 0. The summed E-state index contributed by atoms with van der Waals surface area (Å²) in [5, 5.41) is 8.42. The smallest absolute Gasteiger partial charge is 0.339 e. The quantitative estimate of drug-likeness (QED) is 0.555. The molecule has 0 saturated carbocycles. The predicted molar refractivity (Wildman–Crippen MR) is 124 cm³/mol. The molecule has 0 bridgehead atoms. The van der Waals surface area contributed by atoms with Crippen LogP contribution in [0.5, 0.6) is 0 Å². The van der Waals surface area contributed by atoms with E-state index in [1.54, 1.807) is 0 Å². The van der Waals surface area contributed by atoms with Crippen LogP contribution in [-0.4, -0.2) is 31.4 Å². The Kier molecular flexibility index (Phi) is 6.18. The van der Waals surface area contributed by atoms with Gasteiger partial charge in [0.15, 0.2) is 6.10 Å². The first kappa shape index (κ1) is 22.9. The Balaban J connectivity index is 1.55. The van der Waals surface area contributed by atoms with Crippen molar-refractivity contribution in [2.24, 2.45) is 11.1 Å². The molecule has 2 atom stereocenters. The zero-order valence-electron chi connectivity index (χ0n) is 18.4. The Hall–Kier alpha value is -3.30. The fraction of sp³-hybridized carbons (Fsp3) is 0.292. The molecule has 0 saturated heterocycles. The van der Waals surface area contributed by atoms with Gasteiger partial charge in [-0.25, -0.2) is 18.4 Å². The molecule has 8 nitrogen and oxygen atoms in total. The molecule has 4 rings (SSSR count). The first-order valence-electron chi connectivity index (χ1n) is 10.7. The van der Waals surface area contributed by atoms with E-state index in [-0.39, 0.29) is 4.90 Å². The number of benzene rings is 2. The van der Waals surface area contributed by atoms with E-state index in [1.165, 1.54) is 31.2 Å². The Labute approximate surface area is 192 Å². The Morgan fingerprint density at radius 2 is 1.85 bits per heavy atom. The lowest BCUT2D eigenvalue weighted by Crippen LogP contribution is -2.31. The van der Waals surface area contributed by atoms with Crippen molar-refractivity contribution >= 4 is 38.5 Å². The zero-order valence-corrected chi connectivity index (χ0v) is 19.2. The first-order valence-corrected chi connectivity index (χ1v) is 12.2. The van der Waals surface area contributed by atoms with Crippen molar-refractivity contribution in [1.82, 2.24) is 4.98 Å². The molecule has 0 aliphatic heterocycles. The maximum atomic E-state index is 13.2. The molecule has 1 heterocycles. The van der Waals surface area contributed by atoms with E-state index in [9.17, 15) is 18.0 Å². The average Bonchev–Trinajstić information content (AvgIpc) is 2.77. The number of aryl methyl sites for hydroxylation is 1. The highest BCUT2D eigenvalue weighted by Gasteiger charge is 2.28. The number of rotatable bonds is 5. The van der Waals surface area contributed by atoms with Gasteiger partial charge in [-0.05, 0) is 68.0 Å². The molecule has 0 radical (unpaired) electrons. The standard InChI is InChI=1S/C24H25N3O5S/c1-14-7-12-21-19(13-14)22(18-5-3-4-6-20(18)27-21)24(29)32-15(2)23(28)26-16-8-10-17(11-9-16)33(25,30)31/h3-6,8-11,14-15H,7,12-13H2,1-2H3,(H,26,28)(H2,25,30,31)/t14-,15-/m1/s1. The molecule has 1 amide bonds. The predicted octanol–water partition coefficient (Wildman–Crippen LogP) is 3.19. The van der Waals surface area contributed by atoms with Crippen LogP contribution in [0.15, 0.2) is 53.4 Å². The van der Waals surface area contributed by atoms with Crippen LogP contribution in [0.4, 0.5) is 5.69 Å². The summed E-state index contributed by atoms with van der Waals surface area (Å²) in [6, 6.07) is 12.8. The molecule has 1 aliphatic rings. The third-order valence-corrected chi connectivity index (χ3v) is 6.74. The molecule has 3 aromatic rings. The van der Waals surface area contributed by atoms with E-state index < -0.39 is 28.0 Å². The van der Waals surface area contributed by atoms with Crippen LogP contribution in [0, 0.1) is 5.92 Å². The maximum absolute atomic E-state index is 13.2. The number of sulfonamides is 1. The van der Waals surface area contributed by atoms with Crippen LogP contribution < -0.4 is 10.5 Å². The van der Waals surface area contributed by atoms with Gasteiger partial charge in [-0.15, -0.1) is 0 Å². The summed E-state index contributed by atoms with van der Waals surface area (Å²) in [6.07, 6.45) is 1.47. The number of nitrogens with one attached hydrogen (secondary N) is 1. The van der Waals surface area contributed by atoms with Gasteiger partial charge in [0.1, 0.15) is 0 Å². The monoisotopic (exact) mass is 467 g/mol. The fourth-order valence-electron chi connectivity index (χ4n) is 4.04. The second-order valence-electron chi connectivity index (χ2n) is 8.38. The van der Waals surface area contributed by atoms with Gasteiger partial charge < -0.3 is 10.1 Å². The number of carbonyl (C=O) groups is 2. The van der Waals surface area contributed by atoms with Gasteiger partial charge in [-0.2, -0.15) is 0 Å². The minimum absolute atomic E-state index is 0.0662. The molecule has 0 fully saturated rings. The minimum Gasteiger partial charge on any atom is -0.449 e. The summed E-state index contributed by atoms with van der Waals surface area (Å²) in [5.74, 6) is -0.675. The van der Waals surface area contributed by atoms with Gasteiger partial charge in [0.2, 0.25) is 10.0 Å². The highest BCUT2D eigenvalue weighted by molar-refractivity contribution is 7.89. The lowest BCUT2D eigenvalue weighted by atomic mass is 9.84. The number of anilines is 1. The van der Waals surface area contributed by atoms with E-state index in [0.29, 0.717) is 22.6 Å². The van der Waals surface area contributed by atoms with E-state index in [4.69, 9.17) is 14.9 Å². The Bertz CT molecular complexity index is 1340. The van der Waals surface area contributed by atoms with E-state index in [2.05, 4.69) is 12.2 Å². The van der Waals surface area contributed by atoms with Crippen LogP contribution in [0.2, 0.25) is 0 Å². The molecule has 1 aliphatic carbocycles. The first-order chi connectivity index (χ1) is 15.6. The third kappa shape index (κ3) is 4.89. The fourth-order valence-corrected chi connectivity index (χ4v) is 4.56. The molecule has 2 aromatic carbocycles. The largest absolute Gasteiger partial charge is 0.449 e. The van der Waals surface area contributed by atoms with Crippen molar-refractivity contribution in [2.75, 3.05) is 5.32 Å². The number of para-hydroxylation sites is 1. The number of ether oxygens (including phenoxy) is 1. The van der Waals surface area contributed by atoms with Gasteiger partial charge in [-0.3, -0.25) is 9.78 Å². The summed E-state index contributed by atoms with van der Waals surface area (Å²) in [4.78, 5) is 30.6. The number of primary sulfonamides is 1. The molecular weight excluding hydrogens is 442 g/mol. The molecule has 33 heavy (non-hydrogen) atoms. The van der Waals surface area contributed by atoms with Crippen molar-refractivity contribution in [3.63, 3.8) is 0 Å². The van der Waals surface area contributed by atoms with Crippen LogP contribution in [0.1, 0.15) is 41.9 Å². The number of nitrogens with two attached hydrogens (primary N) is 1. The Morgan fingerprint density at radius 1 is 1.15 bits per heavy atom. The van der Waals surface area contributed by atoms with E-state index in [1.807, 2.05) is 24.3 Å². The summed E-state index contributed by atoms with van der Waals surface area (Å²) in [5.41, 5.74) is 3.36. The second kappa shape index (κ2) is 8.92. The van der Waals surface area contributed by atoms with E-state index in [0.717, 1.165) is 36.0 Å².